The van der Waals surface area contributed by atoms with Gasteiger partial charge in [-0.15, -0.1) is 0 Å². The molecule has 0 unspecified atom stereocenters. The minimum atomic E-state index is -3.67. The molecule has 0 radical (unpaired) electrons. The summed E-state index contributed by atoms with van der Waals surface area (Å²) in [5.74, 6) is 1.74. The van der Waals surface area contributed by atoms with Gasteiger partial charge in [0, 0.05) is 6.10 Å². The molecule has 1 nitrogen and oxygen atoms in total. The van der Waals surface area contributed by atoms with Crippen LogP contribution < -0.4 is 0 Å². The summed E-state index contributed by atoms with van der Waals surface area (Å²) in [6.45, 7) is 5.60. The molecule has 0 aromatic heterocycles. The van der Waals surface area contributed by atoms with Gasteiger partial charge in [-0.3, -0.25) is 12.9 Å². The summed E-state index contributed by atoms with van der Waals surface area (Å²) >= 11 is 0. The summed E-state index contributed by atoms with van der Waals surface area (Å²) in [5.41, 5.74) is 1.67. The van der Waals surface area contributed by atoms with Crippen LogP contribution in [0.15, 0.2) is 23.8 Å². The van der Waals surface area contributed by atoms with E-state index in [9.17, 15) is 12.9 Å². The molecular formula is C12H20BF3O. The maximum atomic E-state index is 9.67. The Morgan fingerprint density at radius 2 is 1.82 bits per heavy atom. The average Bonchev–Trinajstić information content (AvgIpc) is 2.76. The standard InChI is InChI=1S/C9H12.C3H8O.BF3/c1-2-8-5-7-3-4-9(8)6-7;1-3(2)4;2-1(3)4/h2-4,7,9H,5-6H2,1H3;3-4H,1-2H3;/b8-2+;;/t7-,9+;;/m1../s1. The topological polar surface area (TPSA) is 20.2 Å². The highest BCUT2D eigenvalue weighted by atomic mass is 19.4. The van der Waals surface area contributed by atoms with E-state index >= 15 is 0 Å². The second-order valence-electron chi connectivity index (χ2n) is 4.40. The fourth-order valence-electron chi connectivity index (χ4n) is 1.99. The minimum absolute atomic E-state index is 0.167. The van der Waals surface area contributed by atoms with Gasteiger partial charge in [0.1, 0.15) is 0 Å². The van der Waals surface area contributed by atoms with Crippen LogP contribution in [0, 0.1) is 11.8 Å². The third-order valence-corrected chi connectivity index (χ3v) is 2.52. The third-order valence-electron chi connectivity index (χ3n) is 2.52. The minimum Gasteiger partial charge on any atom is -0.394 e. The van der Waals surface area contributed by atoms with Crippen molar-refractivity contribution >= 4 is 7.54 Å². The van der Waals surface area contributed by atoms with Crippen molar-refractivity contribution in [3.05, 3.63) is 23.8 Å². The number of rotatable bonds is 0. The van der Waals surface area contributed by atoms with Crippen LogP contribution >= 0.6 is 0 Å². The Morgan fingerprint density at radius 1 is 1.35 bits per heavy atom. The maximum absolute atomic E-state index is 9.67. The number of allylic oxidation sites excluding steroid dienone is 4. The molecule has 1 saturated carbocycles. The van der Waals surface area contributed by atoms with Gasteiger partial charge in [0.05, 0.1) is 0 Å². The first-order valence-corrected chi connectivity index (χ1v) is 5.80. The van der Waals surface area contributed by atoms with E-state index in [2.05, 4.69) is 25.2 Å². The van der Waals surface area contributed by atoms with E-state index in [1.165, 1.54) is 12.8 Å². The first kappa shape index (κ1) is 16.3. The van der Waals surface area contributed by atoms with Crippen LogP contribution in [0.3, 0.4) is 0 Å². The largest absolute Gasteiger partial charge is 0.762 e. The van der Waals surface area contributed by atoms with Gasteiger partial charge in [0.15, 0.2) is 0 Å². The zero-order valence-corrected chi connectivity index (χ0v) is 10.5. The quantitative estimate of drug-likeness (QED) is 0.510. The zero-order valence-electron chi connectivity index (χ0n) is 10.5. The Morgan fingerprint density at radius 3 is 2.00 bits per heavy atom. The molecule has 2 bridgehead atoms. The summed E-state index contributed by atoms with van der Waals surface area (Å²) in [6.07, 6.45) is 9.60. The van der Waals surface area contributed by atoms with Crippen molar-refractivity contribution in [3.8, 4) is 0 Å². The van der Waals surface area contributed by atoms with Crippen molar-refractivity contribution in [1.82, 2.24) is 0 Å². The van der Waals surface area contributed by atoms with E-state index in [4.69, 9.17) is 5.11 Å². The number of aliphatic hydroxyl groups excluding tert-OH is 1. The number of aliphatic hydroxyl groups is 1. The highest BCUT2D eigenvalue weighted by Crippen LogP contribution is 2.42. The van der Waals surface area contributed by atoms with Gasteiger partial charge < -0.3 is 5.11 Å². The van der Waals surface area contributed by atoms with Crippen molar-refractivity contribution < 1.29 is 18.1 Å². The Hall–Kier alpha value is -0.705. The highest BCUT2D eigenvalue weighted by molar-refractivity contribution is 6.33. The lowest BCUT2D eigenvalue weighted by molar-refractivity contribution is 0.216. The predicted molar refractivity (Wildman–Crippen MR) is 65.5 cm³/mol. The molecule has 1 fully saturated rings. The second-order valence-corrected chi connectivity index (χ2v) is 4.40. The number of fused-ring (bicyclic) bond motifs is 2. The van der Waals surface area contributed by atoms with Gasteiger partial charge >= 0.3 is 7.54 Å². The lowest BCUT2D eigenvalue weighted by Crippen LogP contribution is -1.90. The molecule has 0 spiro atoms. The molecule has 0 heterocycles. The fraction of sp³-hybridized carbons (Fsp3) is 0.667. The highest BCUT2D eigenvalue weighted by Gasteiger charge is 2.29. The molecule has 0 aromatic carbocycles. The third kappa shape index (κ3) is 8.08. The van der Waals surface area contributed by atoms with Crippen LogP contribution in [0.1, 0.15) is 33.6 Å². The van der Waals surface area contributed by atoms with Crippen molar-refractivity contribution in [2.45, 2.75) is 39.7 Å². The lowest BCUT2D eigenvalue weighted by atomic mass is 10.0. The van der Waals surface area contributed by atoms with Gasteiger partial charge in [-0.25, -0.2) is 0 Å². The molecule has 0 aliphatic heterocycles. The Bertz CT molecular complexity index is 253. The number of hydrogen-bond acceptors (Lipinski definition) is 1. The smallest absolute Gasteiger partial charge is 0.394 e. The van der Waals surface area contributed by atoms with E-state index < -0.39 is 7.54 Å². The molecule has 1 N–H and O–H groups in total. The van der Waals surface area contributed by atoms with Gasteiger partial charge in [-0.05, 0) is 45.4 Å². The number of halogens is 3. The molecule has 0 aromatic rings. The van der Waals surface area contributed by atoms with Gasteiger partial charge in [0.2, 0.25) is 0 Å². The fourth-order valence-corrected chi connectivity index (χ4v) is 1.99. The van der Waals surface area contributed by atoms with Crippen LogP contribution in [0.5, 0.6) is 0 Å². The normalized spacial score (nSPS) is 26.5. The summed E-state index contributed by atoms with van der Waals surface area (Å²) in [6, 6.07) is 0. The maximum Gasteiger partial charge on any atom is 0.762 e. The second kappa shape index (κ2) is 8.40. The molecule has 0 amide bonds. The van der Waals surface area contributed by atoms with Gasteiger partial charge in [-0.2, -0.15) is 0 Å². The van der Waals surface area contributed by atoms with Crippen molar-refractivity contribution in [1.29, 1.82) is 0 Å². The molecule has 2 rings (SSSR count). The Balaban J connectivity index is 0.000000274. The first-order valence-electron chi connectivity index (χ1n) is 5.80. The van der Waals surface area contributed by atoms with Crippen LogP contribution in [0.4, 0.5) is 12.9 Å². The van der Waals surface area contributed by atoms with Crippen molar-refractivity contribution in [3.63, 3.8) is 0 Å². The molecule has 17 heavy (non-hydrogen) atoms. The predicted octanol–water partition coefficient (Wildman–Crippen LogP) is 3.80. The van der Waals surface area contributed by atoms with E-state index in [1.807, 2.05) is 0 Å². The van der Waals surface area contributed by atoms with E-state index in [0.29, 0.717) is 0 Å². The van der Waals surface area contributed by atoms with Gasteiger partial charge in [0.25, 0.3) is 0 Å². The molecule has 2 aliphatic carbocycles. The SMILES string of the molecule is C/C=C1\C[C@H]2C=C[C@H]1C2.CC(C)O.FB(F)F. The van der Waals surface area contributed by atoms with Crippen molar-refractivity contribution in [2.75, 3.05) is 0 Å². The first-order chi connectivity index (χ1) is 7.86. The monoisotopic (exact) mass is 248 g/mol. The van der Waals surface area contributed by atoms with E-state index in [1.54, 1.807) is 19.4 Å². The summed E-state index contributed by atoms with van der Waals surface area (Å²) in [4.78, 5) is 0. The molecule has 5 heteroatoms. The van der Waals surface area contributed by atoms with Crippen LogP contribution in [-0.4, -0.2) is 18.8 Å². The summed E-state index contributed by atoms with van der Waals surface area (Å²) in [7, 11) is -3.67. The Kier molecular flexibility index (Phi) is 8.05. The summed E-state index contributed by atoms with van der Waals surface area (Å²) in [5, 5.41) is 8.06. The number of hydrogen-bond donors (Lipinski definition) is 1. The van der Waals surface area contributed by atoms with E-state index in [0.717, 1.165) is 11.8 Å². The van der Waals surface area contributed by atoms with Crippen LogP contribution in [-0.2, 0) is 0 Å². The molecular weight excluding hydrogens is 228 g/mol. The average molecular weight is 248 g/mol. The Labute approximate surface area is 102 Å². The molecule has 98 valence electrons. The van der Waals surface area contributed by atoms with Crippen LogP contribution in [0.25, 0.3) is 0 Å². The molecule has 0 saturated heterocycles. The molecule has 2 atom stereocenters. The van der Waals surface area contributed by atoms with Crippen LogP contribution in [0.2, 0.25) is 0 Å². The van der Waals surface area contributed by atoms with E-state index in [-0.39, 0.29) is 6.10 Å². The lowest BCUT2D eigenvalue weighted by Gasteiger charge is -2.05. The van der Waals surface area contributed by atoms with Gasteiger partial charge in [-0.1, -0.05) is 23.8 Å². The van der Waals surface area contributed by atoms with Crippen molar-refractivity contribution in [2.24, 2.45) is 11.8 Å². The zero-order chi connectivity index (χ0) is 13.4. The summed E-state index contributed by atoms with van der Waals surface area (Å²) < 4.78 is 29.0. The molecule has 2 aliphatic rings.